The molecule has 0 aliphatic rings. The molecule has 0 bridgehead atoms. The zero-order valence-corrected chi connectivity index (χ0v) is 30.9. The summed E-state index contributed by atoms with van der Waals surface area (Å²) < 4.78 is 2.39. The molecule has 266 valence electrons. The van der Waals surface area contributed by atoms with E-state index in [0.29, 0.717) is 17.5 Å². The van der Waals surface area contributed by atoms with Gasteiger partial charge in [0.1, 0.15) is 0 Å². The summed E-state index contributed by atoms with van der Waals surface area (Å²) in [5.41, 5.74) is 10.8. The van der Waals surface area contributed by atoms with Crippen molar-refractivity contribution in [3.63, 3.8) is 0 Å². The predicted molar refractivity (Wildman–Crippen MR) is 236 cm³/mol. The third-order valence-corrected chi connectivity index (χ3v) is 11.0. The summed E-state index contributed by atoms with van der Waals surface area (Å²) in [5, 5.41) is 7.01. The molecular formula is C53H34N4. The second-order valence-corrected chi connectivity index (χ2v) is 14.4. The smallest absolute Gasteiger partial charge is 0.164 e. The SMILES string of the molecule is c1ccc(-c2ccc3cc(-c4nc(-c5ccccc5)nc(-c5ccc(-c6ccccc6)c(-n6c7ccccc7c7ccccc76)c5)n4)c4ccccc4c3c2)cc1. The number of benzene rings is 9. The highest BCUT2D eigenvalue weighted by Crippen LogP contribution is 2.40. The molecule has 0 spiro atoms. The summed E-state index contributed by atoms with van der Waals surface area (Å²) in [5.74, 6) is 1.88. The number of hydrogen-bond acceptors (Lipinski definition) is 3. The lowest BCUT2D eigenvalue weighted by atomic mass is 9.94. The van der Waals surface area contributed by atoms with E-state index in [1.165, 1.54) is 27.3 Å². The Bertz CT molecular complexity index is 3230. The minimum Gasteiger partial charge on any atom is -0.309 e. The molecule has 2 heterocycles. The topological polar surface area (TPSA) is 43.6 Å². The fourth-order valence-electron chi connectivity index (χ4n) is 8.34. The molecule has 0 saturated carbocycles. The van der Waals surface area contributed by atoms with E-state index >= 15 is 0 Å². The molecule has 0 aliphatic carbocycles. The van der Waals surface area contributed by atoms with Gasteiger partial charge in [0, 0.05) is 33.0 Å². The molecule has 0 saturated heterocycles. The molecule has 11 aromatic rings. The van der Waals surface area contributed by atoms with Crippen LogP contribution in [-0.2, 0) is 0 Å². The van der Waals surface area contributed by atoms with Crippen molar-refractivity contribution < 1.29 is 0 Å². The second kappa shape index (κ2) is 13.6. The lowest BCUT2D eigenvalue weighted by Gasteiger charge is -2.17. The molecule has 2 aromatic heterocycles. The van der Waals surface area contributed by atoms with Crippen molar-refractivity contribution in [2.75, 3.05) is 0 Å². The van der Waals surface area contributed by atoms with Crippen LogP contribution in [0.15, 0.2) is 206 Å². The molecule has 57 heavy (non-hydrogen) atoms. The molecule has 4 heteroatoms. The van der Waals surface area contributed by atoms with Crippen LogP contribution in [0.2, 0.25) is 0 Å². The maximum absolute atomic E-state index is 5.34. The van der Waals surface area contributed by atoms with Gasteiger partial charge in [-0.05, 0) is 68.6 Å². The van der Waals surface area contributed by atoms with Gasteiger partial charge in [0.15, 0.2) is 17.5 Å². The van der Waals surface area contributed by atoms with Crippen molar-refractivity contribution in [2.24, 2.45) is 0 Å². The predicted octanol–water partition coefficient (Wildman–Crippen LogP) is 13.6. The number of hydrogen-bond donors (Lipinski definition) is 0. The van der Waals surface area contributed by atoms with E-state index < -0.39 is 0 Å². The van der Waals surface area contributed by atoms with E-state index in [2.05, 4.69) is 193 Å². The number of rotatable bonds is 6. The van der Waals surface area contributed by atoms with Crippen molar-refractivity contribution in [3.8, 4) is 62.1 Å². The third-order valence-electron chi connectivity index (χ3n) is 11.0. The van der Waals surface area contributed by atoms with Crippen molar-refractivity contribution >= 4 is 43.4 Å². The lowest BCUT2D eigenvalue weighted by molar-refractivity contribution is 1.07. The molecular weight excluding hydrogens is 693 g/mol. The third kappa shape index (κ3) is 5.66. The average molecular weight is 727 g/mol. The van der Waals surface area contributed by atoms with Crippen LogP contribution in [0.5, 0.6) is 0 Å². The Hall–Kier alpha value is -7.69. The molecule has 0 unspecified atom stereocenters. The summed E-state index contributed by atoms with van der Waals surface area (Å²) in [6, 6.07) is 72.8. The molecule has 9 aromatic carbocycles. The summed E-state index contributed by atoms with van der Waals surface area (Å²) >= 11 is 0. The van der Waals surface area contributed by atoms with Crippen LogP contribution in [0.3, 0.4) is 0 Å². The van der Waals surface area contributed by atoms with Crippen molar-refractivity contribution in [2.45, 2.75) is 0 Å². The standard InChI is InChI=1S/C53H34N4/c1-4-16-35(17-5-1)38-28-29-39-33-47(43-23-11-10-22-42(43)46(39)32-38)53-55-51(37-20-8-3-9-21-37)54-52(56-53)40-30-31-41(36-18-6-2-7-19-36)50(34-40)57-48-26-14-12-24-44(48)45-25-13-15-27-49(45)57/h1-34H. The molecule has 0 amide bonds. The maximum Gasteiger partial charge on any atom is 0.164 e. The molecule has 11 rings (SSSR count). The van der Waals surface area contributed by atoms with Crippen LogP contribution >= 0.6 is 0 Å². The van der Waals surface area contributed by atoms with Gasteiger partial charge in [-0.2, -0.15) is 0 Å². The first-order valence-electron chi connectivity index (χ1n) is 19.3. The summed E-state index contributed by atoms with van der Waals surface area (Å²) in [6.45, 7) is 0. The van der Waals surface area contributed by atoms with Gasteiger partial charge in [-0.1, -0.05) is 176 Å². The van der Waals surface area contributed by atoms with Crippen molar-refractivity contribution in [3.05, 3.63) is 206 Å². The van der Waals surface area contributed by atoms with Crippen LogP contribution in [0, 0.1) is 0 Å². The molecule has 0 fully saturated rings. The highest BCUT2D eigenvalue weighted by Gasteiger charge is 2.20. The van der Waals surface area contributed by atoms with Crippen LogP contribution in [0.1, 0.15) is 0 Å². The Morgan fingerprint density at radius 2 is 0.789 bits per heavy atom. The van der Waals surface area contributed by atoms with Gasteiger partial charge in [-0.3, -0.25) is 0 Å². The Morgan fingerprint density at radius 1 is 0.281 bits per heavy atom. The van der Waals surface area contributed by atoms with Crippen molar-refractivity contribution in [1.82, 2.24) is 19.5 Å². The average Bonchev–Trinajstić information content (AvgIpc) is 3.63. The number of aromatic nitrogens is 4. The summed E-state index contributed by atoms with van der Waals surface area (Å²) in [6.07, 6.45) is 0. The van der Waals surface area contributed by atoms with E-state index in [4.69, 9.17) is 15.0 Å². The quantitative estimate of drug-likeness (QED) is 0.160. The molecule has 0 atom stereocenters. The van der Waals surface area contributed by atoms with Crippen LogP contribution in [0.25, 0.3) is 105 Å². The van der Waals surface area contributed by atoms with E-state index in [-0.39, 0.29) is 0 Å². The number of para-hydroxylation sites is 2. The number of fused-ring (bicyclic) bond motifs is 6. The highest BCUT2D eigenvalue weighted by molar-refractivity contribution is 6.14. The molecule has 0 aliphatic heterocycles. The van der Waals surface area contributed by atoms with E-state index in [1.807, 2.05) is 18.2 Å². The van der Waals surface area contributed by atoms with E-state index in [1.54, 1.807) is 0 Å². The van der Waals surface area contributed by atoms with Gasteiger partial charge in [0.05, 0.1) is 16.7 Å². The minimum absolute atomic E-state index is 0.615. The zero-order chi connectivity index (χ0) is 37.7. The van der Waals surface area contributed by atoms with Gasteiger partial charge in [-0.15, -0.1) is 0 Å². The van der Waals surface area contributed by atoms with Crippen LogP contribution < -0.4 is 0 Å². The van der Waals surface area contributed by atoms with Gasteiger partial charge >= 0.3 is 0 Å². The monoisotopic (exact) mass is 726 g/mol. The van der Waals surface area contributed by atoms with Crippen LogP contribution in [0.4, 0.5) is 0 Å². The first-order chi connectivity index (χ1) is 28.3. The maximum atomic E-state index is 5.34. The second-order valence-electron chi connectivity index (χ2n) is 14.4. The zero-order valence-electron chi connectivity index (χ0n) is 30.9. The summed E-state index contributed by atoms with van der Waals surface area (Å²) in [4.78, 5) is 15.8. The van der Waals surface area contributed by atoms with Gasteiger partial charge in [0.25, 0.3) is 0 Å². The highest BCUT2D eigenvalue weighted by atomic mass is 15.0. The van der Waals surface area contributed by atoms with Gasteiger partial charge in [0.2, 0.25) is 0 Å². The Morgan fingerprint density at radius 3 is 1.46 bits per heavy atom. The van der Waals surface area contributed by atoms with E-state index in [9.17, 15) is 0 Å². The fraction of sp³-hybridized carbons (Fsp3) is 0. The Kier molecular flexibility index (Phi) is 7.78. The number of nitrogens with zero attached hydrogens (tertiary/aromatic N) is 4. The first kappa shape index (κ1) is 32.7. The minimum atomic E-state index is 0.615. The molecule has 0 radical (unpaired) electrons. The van der Waals surface area contributed by atoms with Gasteiger partial charge in [-0.25, -0.2) is 15.0 Å². The largest absolute Gasteiger partial charge is 0.309 e. The van der Waals surface area contributed by atoms with Gasteiger partial charge < -0.3 is 4.57 Å². The molecule has 4 nitrogen and oxygen atoms in total. The molecule has 0 N–H and O–H groups in total. The summed E-state index contributed by atoms with van der Waals surface area (Å²) in [7, 11) is 0. The van der Waals surface area contributed by atoms with E-state index in [0.717, 1.165) is 60.7 Å². The van der Waals surface area contributed by atoms with Crippen molar-refractivity contribution in [1.29, 1.82) is 0 Å². The normalized spacial score (nSPS) is 11.5. The fourth-order valence-corrected chi connectivity index (χ4v) is 8.34. The Labute approximate surface area is 330 Å². The Balaban J connectivity index is 1.16. The lowest BCUT2D eigenvalue weighted by Crippen LogP contribution is -2.02. The first-order valence-corrected chi connectivity index (χ1v) is 19.3. The van der Waals surface area contributed by atoms with Crippen LogP contribution in [-0.4, -0.2) is 19.5 Å².